The summed E-state index contributed by atoms with van der Waals surface area (Å²) in [5, 5.41) is 3.35. The lowest BCUT2D eigenvalue weighted by Crippen LogP contribution is -2.22. The van der Waals surface area contributed by atoms with Crippen molar-refractivity contribution in [2.75, 3.05) is 33.4 Å². The molecule has 3 nitrogen and oxygen atoms in total. The molecule has 0 bridgehead atoms. The predicted octanol–water partition coefficient (Wildman–Crippen LogP) is 1.82. The van der Waals surface area contributed by atoms with Gasteiger partial charge >= 0.3 is 0 Å². The van der Waals surface area contributed by atoms with Gasteiger partial charge in [0, 0.05) is 20.3 Å². The fourth-order valence-electron chi connectivity index (χ4n) is 1.16. The number of methoxy groups -OCH3 is 1. The first-order valence-corrected chi connectivity index (χ1v) is 5.58. The van der Waals surface area contributed by atoms with E-state index in [4.69, 9.17) is 9.47 Å². The molecule has 0 amide bonds. The quantitative estimate of drug-likeness (QED) is 0.549. The summed E-state index contributed by atoms with van der Waals surface area (Å²) in [5.41, 5.74) is 0. The normalized spacial score (nSPS) is 11.1. The Bertz CT molecular complexity index is 107. The number of hydrogen-bond donors (Lipinski definition) is 1. The van der Waals surface area contributed by atoms with Gasteiger partial charge in [-0.15, -0.1) is 0 Å². The average Bonchev–Trinajstić information content (AvgIpc) is 2.15. The molecule has 0 atom stereocenters. The Hall–Kier alpha value is -0.120. The zero-order valence-corrected chi connectivity index (χ0v) is 9.84. The van der Waals surface area contributed by atoms with Gasteiger partial charge in [0.1, 0.15) is 0 Å². The fourth-order valence-corrected chi connectivity index (χ4v) is 1.16. The van der Waals surface area contributed by atoms with E-state index in [1.54, 1.807) is 7.11 Å². The molecule has 0 heterocycles. The number of rotatable bonds is 10. The first-order chi connectivity index (χ1) is 6.77. The van der Waals surface area contributed by atoms with E-state index in [2.05, 4.69) is 19.2 Å². The van der Waals surface area contributed by atoms with E-state index in [-0.39, 0.29) is 0 Å². The molecule has 0 unspecified atom stereocenters. The van der Waals surface area contributed by atoms with Crippen molar-refractivity contribution in [1.82, 2.24) is 5.32 Å². The number of ether oxygens (including phenoxy) is 2. The van der Waals surface area contributed by atoms with Crippen LogP contribution in [0.3, 0.4) is 0 Å². The monoisotopic (exact) mass is 203 g/mol. The molecule has 0 aliphatic carbocycles. The Morgan fingerprint density at radius 1 is 1.00 bits per heavy atom. The van der Waals surface area contributed by atoms with Gasteiger partial charge in [-0.1, -0.05) is 0 Å². The van der Waals surface area contributed by atoms with Crippen LogP contribution in [0.5, 0.6) is 0 Å². The average molecular weight is 203 g/mol. The van der Waals surface area contributed by atoms with E-state index in [0.29, 0.717) is 6.10 Å². The highest BCUT2D eigenvalue weighted by molar-refractivity contribution is 4.48. The van der Waals surface area contributed by atoms with Crippen LogP contribution in [-0.4, -0.2) is 39.5 Å². The van der Waals surface area contributed by atoms with E-state index in [9.17, 15) is 0 Å². The van der Waals surface area contributed by atoms with E-state index >= 15 is 0 Å². The Morgan fingerprint density at radius 2 is 1.79 bits per heavy atom. The molecule has 0 radical (unpaired) electrons. The van der Waals surface area contributed by atoms with Crippen LogP contribution in [-0.2, 0) is 9.47 Å². The Kier molecular flexibility index (Phi) is 10.9. The van der Waals surface area contributed by atoms with Crippen LogP contribution < -0.4 is 5.32 Å². The Labute approximate surface area is 88.2 Å². The van der Waals surface area contributed by atoms with Gasteiger partial charge in [-0.3, -0.25) is 0 Å². The van der Waals surface area contributed by atoms with Gasteiger partial charge in [0.2, 0.25) is 0 Å². The minimum Gasteiger partial charge on any atom is -0.385 e. The van der Waals surface area contributed by atoms with Crippen molar-refractivity contribution in [1.29, 1.82) is 0 Å². The second-order valence-electron chi connectivity index (χ2n) is 3.72. The van der Waals surface area contributed by atoms with Crippen LogP contribution in [0.4, 0.5) is 0 Å². The van der Waals surface area contributed by atoms with Crippen LogP contribution in [0.2, 0.25) is 0 Å². The van der Waals surface area contributed by atoms with Crippen LogP contribution in [0.15, 0.2) is 0 Å². The zero-order chi connectivity index (χ0) is 10.6. The molecule has 0 aromatic rings. The standard InChI is InChI=1S/C11H25NO2/c1-11(2)14-10-8-12-7-5-4-6-9-13-3/h11-12H,4-10H2,1-3H3. The van der Waals surface area contributed by atoms with Gasteiger partial charge in [0.05, 0.1) is 12.7 Å². The third kappa shape index (κ3) is 11.9. The van der Waals surface area contributed by atoms with Crippen molar-refractivity contribution in [3.63, 3.8) is 0 Å². The lowest BCUT2D eigenvalue weighted by atomic mass is 10.2. The van der Waals surface area contributed by atoms with Crippen molar-refractivity contribution in [2.45, 2.75) is 39.2 Å². The van der Waals surface area contributed by atoms with Gasteiger partial charge in [-0.25, -0.2) is 0 Å². The molecule has 0 fully saturated rings. The highest BCUT2D eigenvalue weighted by atomic mass is 16.5. The molecule has 0 saturated carbocycles. The Morgan fingerprint density at radius 3 is 2.43 bits per heavy atom. The SMILES string of the molecule is COCCCCCNCCOC(C)C. The molecule has 0 rings (SSSR count). The topological polar surface area (TPSA) is 30.5 Å². The van der Waals surface area contributed by atoms with Gasteiger partial charge in [-0.2, -0.15) is 0 Å². The van der Waals surface area contributed by atoms with Crippen LogP contribution in [0, 0.1) is 0 Å². The molecule has 3 heteroatoms. The lowest BCUT2D eigenvalue weighted by Gasteiger charge is -2.08. The highest BCUT2D eigenvalue weighted by Gasteiger charge is 1.92. The van der Waals surface area contributed by atoms with E-state index in [0.717, 1.165) is 26.3 Å². The maximum absolute atomic E-state index is 5.40. The lowest BCUT2D eigenvalue weighted by molar-refractivity contribution is 0.0808. The maximum Gasteiger partial charge on any atom is 0.0594 e. The van der Waals surface area contributed by atoms with Crippen molar-refractivity contribution in [2.24, 2.45) is 0 Å². The van der Waals surface area contributed by atoms with Crippen molar-refractivity contribution >= 4 is 0 Å². The van der Waals surface area contributed by atoms with E-state index in [1.165, 1.54) is 19.3 Å². The number of unbranched alkanes of at least 4 members (excludes halogenated alkanes) is 2. The summed E-state index contributed by atoms with van der Waals surface area (Å²) in [4.78, 5) is 0. The van der Waals surface area contributed by atoms with Crippen molar-refractivity contribution < 1.29 is 9.47 Å². The minimum atomic E-state index is 0.346. The van der Waals surface area contributed by atoms with Crippen LogP contribution in [0.1, 0.15) is 33.1 Å². The third-order valence-corrected chi connectivity index (χ3v) is 1.93. The molecule has 0 spiro atoms. The second-order valence-corrected chi connectivity index (χ2v) is 3.72. The van der Waals surface area contributed by atoms with Crippen molar-refractivity contribution in [3.05, 3.63) is 0 Å². The highest BCUT2D eigenvalue weighted by Crippen LogP contribution is 1.93. The summed E-state index contributed by atoms with van der Waals surface area (Å²) in [7, 11) is 1.75. The molecular formula is C11H25NO2. The smallest absolute Gasteiger partial charge is 0.0594 e. The summed E-state index contributed by atoms with van der Waals surface area (Å²) in [6, 6.07) is 0. The number of hydrogen-bond acceptors (Lipinski definition) is 3. The predicted molar refractivity (Wildman–Crippen MR) is 59.7 cm³/mol. The molecule has 0 saturated heterocycles. The molecule has 0 aliphatic rings. The summed E-state index contributed by atoms with van der Waals surface area (Å²) in [5.74, 6) is 0. The molecule has 0 aromatic carbocycles. The second kappa shape index (κ2) is 11.0. The first kappa shape index (κ1) is 13.9. The van der Waals surface area contributed by atoms with Crippen molar-refractivity contribution in [3.8, 4) is 0 Å². The van der Waals surface area contributed by atoms with E-state index < -0.39 is 0 Å². The molecule has 0 aliphatic heterocycles. The van der Waals surface area contributed by atoms with Gasteiger partial charge in [0.25, 0.3) is 0 Å². The summed E-state index contributed by atoms with van der Waals surface area (Å²) in [6.45, 7) is 7.87. The van der Waals surface area contributed by atoms with Gasteiger partial charge in [-0.05, 0) is 39.7 Å². The summed E-state index contributed by atoms with van der Waals surface area (Å²) >= 11 is 0. The summed E-state index contributed by atoms with van der Waals surface area (Å²) < 4.78 is 10.4. The minimum absolute atomic E-state index is 0.346. The molecule has 0 aromatic heterocycles. The van der Waals surface area contributed by atoms with Gasteiger partial charge in [0.15, 0.2) is 0 Å². The largest absolute Gasteiger partial charge is 0.385 e. The molecular weight excluding hydrogens is 178 g/mol. The summed E-state index contributed by atoms with van der Waals surface area (Å²) in [6.07, 6.45) is 3.98. The van der Waals surface area contributed by atoms with Crippen LogP contribution >= 0.6 is 0 Å². The molecule has 1 N–H and O–H groups in total. The molecule has 86 valence electrons. The molecule has 14 heavy (non-hydrogen) atoms. The van der Waals surface area contributed by atoms with E-state index in [1.807, 2.05) is 0 Å². The maximum atomic E-state index is 5.40. The first-order valence-electron chi connectivity index (χ1n) is 5.58. The van der Waals surface area contributed by atoms with Crippen LogP contribution in [0.25, 0.3) is 0 Å². The number of nitrogens with one attached hydrogen (secondary N) is 1. The third-order valence-electron chi connectivity index (χ3n) is 1.93. The Balaban J connectivity index is 2.85. The zero-order valence-electron chi connectivity index (χ0n) is 9.84. The van der Waals surface area contributed by atoms with Gasteiger partial charge < -0.3 is 14.8 Å². The fraction of sp³-hybridized carbons (Fsp3) is 1.00.